The zero-order chi connectivity index (χ0) is 25.9. The first-order chi connectivity index (χ1) is 18.4. The topological polar surface area (TPSA) is 75.5 Å². The molecule has 0 aliphatic carbocycles. The van der Waals surface area contributed by atoms with Crippen molar-refractivity contribution in [2.24, 2.45) is 11.8 Å². The van der Waals surface area contributed by atoms with Gasteiger partial charge in [-0.2, -0.15) is 0 Å². The third-order valence-electron chi connectivity index (χ3n) is 9.39. The van der Waals surface area contributed by atoms with Crippen molar-refractivity contribution in [1.82, 2.24) is 14.5 Å². The van der Waals surface area contributed by atoms with Gasteiger partial charge in [-0.15, -0.1) is 0 Å². The zero-order valence-electron chi connectivity index (χ0n) is 21.2. The number of anilines is 1. The molecule has 7 heteroatoms. The van der Waals surface area contributed by atoms with Crippen molar-refractivity contribution in [2.45, 2.75) is 38.3 Å². The molecule has 0 saturated carbocycles. The molecule has 4 atom stereocenters. The molecule has 7 nitrogen and oxygen atoms in total. The van der Waals surface area contributed by atoms with E-state index in [0.29, 0.717) is 22.4 Å². The Morgan fingerprint density at radius 2 is 1.68 bits per heavy atom. The van der Waals surface area contributed by atoms with Gasteiger partial charge >= 0.3 is 0 Å². The Kier molecular flexibility index (Phi) is 4.19. The predicted octanol–water partition coefficient (Wildman–Crippen LogP) is 3.84. The summed E-state index contributed by atoms with van der Waals surface area (Å²) in [5.41, 5.74) is 3.90. The van der Waals surface area contributed by atoms with Gasteiger partial charge in [0.25, 0.3) is 5.56 Å². The molecule has 3 aromatic carbocycles. The molecule has 38 heavy (non-hydrogen) atoms. The van der Waals surface area contributed by atoms with Gasteiger partial charge in [0.05, 0.1) is 34.1 Å². The van der Waals surface area contributed by atoms with Crippen LogP contribution in [0.4, 0.5) is 5.69 Å². The van der Waals surface area contributed by atoms with E-state index in [1.165, 1.54) is 4.90 Å². The van der Waals surface area contributed by atoms with Gasteiger partial charge in [0, 0.05) is 11.6 Å². The molecule has 3 fully saturated rings. The average molecular weight is 503 g/mol. The van der Waals surface area contributed by atoms with Crippen LogP contribution in [0.5, 0.6) is 0 Å². The summed E-state index contributed by atoms with van der Waals surface area (Å²) in [6.45, 7) is 4.77. The van der Waals surface area contributed by atoms with Crippen LogP contribution in [0.1, 0.15) is 35.4 Å². The Hall–Kier alpha value is -4.10. The smallest absolute Gasteiger partial charge is 0.266 e. The molecule has 0 radical (unpaired) electrons. The first-order valence-electron chi connectivity index (χ1n) is 13.3. The third kappa shape index (κ3) is 2.39. The fourth-order valence-electron chi connectivity index (χ4n) is 7.73. The Morgan fingerprint density at radius 1 is 0.895 bits per heavy atom. The second-order valence-corrected chi connectivity index (χ2v) is 11.1. The molecule has 0 unspecified atom stereocenters. The SMILES string of the molecule is Cc1ccc(N2C(=O)[C@H]3[C@@H]4CCCN4[C@@]4(c5ccccc5-n5c4nc4ccccc4c5=O)[C@H]3C2=O)cc1C. The van der Waals surface area contributed by atoms with Gasteiger partial charge in [0.1, 0.15) is 11.4 Å². The highest BCUT2D eigenvalue weighted by Gasteiger charge is 2.73. The lowest BCUT2D eigenvalue weighted by atomic mass is 9.75. The van der Waals surface area contributed by atoms with Crippen molar-refractivity contribution in [3.05, 3.63) is 99.6 Å². The molecule has 0 N–H and O–H groups in total. The minimum atomic E-state index is -0.979. The molecular weight excluding hydrogens is 476 g/mol. The molecule has 1 spiro atoms. The molecule has 3 saturated heterocycles. The Labute approximate surface area is 219 Å². The number of amides is 2. The molecule has 4 aliphatic rings. The van der Waals surface area contributed by atoms with Crippen molar-refractivity contribution < 1.29 is 9.59 Å². The van der Waals surface area contributed by atoms with E-state index in [1.807, 2.05) is 74.5 Å². The molecule has 5 heterocycles. The molecule has 0 bridgehead atoms. The lowest BCUT2D eigenvalue weighted by Gasteiger charge is -2.38. The highest BCUT2D eigenvalue weighted by Crippen LogP contribution is 2.62. The Balaban J connectivity index is 1.44. The standard InChI is InChI=1S/C31H26N4O3/c1-17-13-14-19(16-18(17)2)34-28(37)25-24-12-7-15-33(24)31(26(25)29(34)38)21-9-4-6-11-23(21)35-27(36)20-8-3-5-10-22(20)32-30(31)35/h3-6,8-11,13-14,16,24-26H,7,12,15H2,1-2H3/t24-,25-,26+,31-/m0/s1. The van der Waals surface area contributed by atoms with Crippen LogP contribution in [0.15, 0.2) is 71.5 Å². The maximum absolute atomic E-state index is 14.5. The van der Waals surface area contributed by atoms with Crippen LogP contribution >= 0.6 is 0 Å². The number of aromatic nitrogens is 2. The second kappa shape index (κ2) is 7.26. The lowest BCUT2D eigenvalue weighted by molar-refractivity contribution is -0.124. The summed E-state index contributed by atoms with van der Waals surface area (Å²) >= 11 is 0. The predicted molar refractivity (Wildman–Crippen MR) is 143 cm³/mol. The summed E-state index contributed by atoms with van der Waals surface area (Å²) in [6.07, 6.45) is 1.77. The molecule has 4 aromatic rings. The van der Waals surface area contributed by atoms with E-state index in [1.54, 1.807) is 10.6 Å². The van der Waals surface area contributed by atoms with Gasteiger partial charge in [-0.05, 0) is 74.7 Å². The fourth-order valence-corrected chi connectivity index (χ4v) is 7.73. The summed E-state index contributed by atoms with van der Waals surface area (Å²) in [5.74, 6) is -0.941. The number of rotatable bonds is 1. The van der Waals surface area contributed by atoms with Gasteiger partial charge in [-0.25, -0.2) is 9.88 Å². The second-order valence-electron chi connectivity index (χ2n) is 11.1. The van der Waals surface area contributed by atoms with Gasteiger partial charge in [-0.1, -0.05) is 36.4 Å². The van der Waals surface area contributed by atoms with E-state index in [2.05, 4.69) is 4.90 Å². The summed E-state index contributed by atoms with van der Waals surface area (Å²) < 4.78 is 1.70. The molecule has 2 amide bonds. The van der Waals surface area contributed by atoms with Crippen LogP contribution in [0.25, 0.3) is 16.6 Å². The van der Waals surface area contributed by atoms with Crippen LogP contribution in [-0.4, -0.2) is 38.9 Å². The van der Waals surface area contributed by atoms with Crippen LogP contribution < -0.4 is 10.5 Å². The monoisotopic (exact) mass is 502 g/mol. The number of hydrogen-bond donors (Lipinski definition) is 0. The number of aryl methyl sites for hydroxylation is 2. The van der Waals surface area contributed by atoms with Gasteiger partial charge in [0.15, 0.2) is 0 Å². The van der Waals surface area contributed by atoms with Crippen molar-refractivity contribution in [2.75, 3.05) is 11.4 Å². The van der Waals surface area contributed by atoms with Gasteiger partial charge < -0.3 is 0 Å². The highest BCUT2D eigenvalue weighted by molar-refractivity contribution is 6.23. The summed E-state index contributed by atoms with van der Waals surface area (Å²) in [4.78, 5) is 51.5. The average Bonchev–Trinajstić information content (AvgIpc) is 3.63. The Morgan fingerprint density at radius 3 is 2.53 bits per heavy atom. The van der Waals surface area contributed by atoms with E-state index in [0.717, 1.165) is 41.8 Å². The van der Waals surface area contributed by atoms with Crippen LogP contribution in [-0.2, 0) is 15.1 Å². The Bertz CT molecular complexity index is 1790. The van der Waals surface area contributed by atoms with Crippen LogP contribution in [0.2, 0.25) is 0 Å². The molecule has 4 aliphatic heterocycles. The zero-order valence-corrected chi connectivity index (χ0v) is 21.2. The normalized spacial score (nSPS) is 27.3. The van der Waals surface area contributed by atoms with Crippen molar-refractivity contribution >= 4 is 28.4 Å². The summed E-state index contributed by atoms with van der Waals surface area (Å²) in [6, 6.07) is 20.9. The van der Waals surface area contributed by atoms with Crippen molar-refractivity contribution in [3.8, 4) is 5.69 Å². The number of para-hydroxylation sites is 2. The molecule has 188 valence electrons. The maximum atomic E-state index is 14.5. The number of nitrogens with zero attached hydrogens (tertiary/aromatic N) is 4. The van der Waals surface area contributed by atoms with E-state index < -0.39 is 17.4 Å². The van der Waals surface area contributed by atoms with Crippen LogP contribution in [0, 0.1) is 25.7 Å². The molecule has 8 rings (SSSR count). The first kappa shape index (κ1) is 21.9. The first-order valence-corrected chi connectivity index (χ1v) is 13.3. The van der Waals surface area contributed by atoms with E-state index >= 15 is 0 Å². The summed E-state index contributed by atoms with van der Waals surface area (Å²) in [7, 11) is 0. The van der Waals surface area contributed by atoms with Gasteiger partial charge in [-0.3, -0.25) is 23.9 Å². The highest BCUT2D eigenvalue weighted by atomic mass is 16.2. The van der Waals surface area contributed by atoms with Crippen molar-refractivity contribution in [1.29, 1.82) is 0 Å². The largest absolute Gasteiger partial charge is 0.283 e. The molecule has 1 aromatic heterocycles. The van der Waals surface area contributed by atoms with Crippen molar-refractivity contribution in [3.63, 3.8) is 0 Å². The number of benzene rings is 3. The lowest BCUT2D eigenvalue weighted by Crippen LogP contribution is -2.51. The quantitative estimate of drug-likeness (QED) is 0.370. The van der Waals surface area contributed by atoms with E-state index in [-0.39, 0.29) is 23.4 Å². The maximum Gasteiger partial charge on any atom is 0.266 e. The van der Waals surface area contributed by atoms with E-state index in [4.69, 9.17) is 4.98 Å². The minimum absolute atomic E-state index is 0.0871. The van der Waals surface area contributed by atoms with Crippen LogP contribution in [0.3, 0.4) is 0 Å². The number of hydrogen-bond acceptors (Lipinski definition) is 5. The number of imide groups is 1. The van der Waals surface area contributed by atoms with Gasteiger partial charge in [0.2, 0.25) is 11.8 Å². The third-order valence-corrected chi connectivity index (χ3v) is 9.39. The fraction of sp³-hybridized carbons (Fsp3) is 0.290. The molecular formula is C31H26N4O3. The van der Waals surface area contributed by atoms with E-state index in [9.17, 15) is 14.4 Å². The number of carbonyl (C=O) groups is 2. The number of carbonyl (C=O) groups excluding carboxylic acids is 2. The summed E-state index contributed by atoms with van der Waals surface area (Å²) in [5, 5.41) is 0.543. The number of fused-ring (bicyclic) bond motifs is 11. The minimum Gasteiger partial charge on any atom is -0.283 e.